The van der Waals surface area contributed by atoms with Gasteiger partial charge in [-0.05, 0) is 43.5 Å². The summed E-state index contributed by atoms with van der Waals surface area (Å²) in [6, 6.07) is 9.20. The van der Waals surface area contributed by atoms with Gasteiger partial charge in [0, 0.05) is 24.4 Å². The van der Waals surface area contributed by atoms with E-state index in [-0.39, 0.29) is 17.4 Å². The number of aromatic amines is 1. The summed E-state index contributed by atoms with van der Waals surface area (Å²) in [6.07, 6.45) is 5.90. The first kappa shape index (κ1) is 22.0. The number of imidazole rings is 1. The summed E-state index contributed by atoms with van der Waals surface area (Å²) in [5.41, 5.74) is 4.32. The first-order chi connectivity index (χ1) is 16.8. The Morgan fingerprint density at radius 2 is 2.03 bits per heavy atom. The molecule has 9 nitrogen and oxygen atoms in total. The molecule has 35 heavy (non-hydrogen) atoms. The standard InChI is InChI=1S/C24H21ClN6O3S/c1-14-28-18-3-2-17(8-20(18)29-14)34-22-5-4-19-24(23(22)25)30-21(10-26-19)16-9-27-31(12-16)11-15-6-7-35(32,33)13-15/h2-5,8-10,12,15H,6-7,11,13H2,1H3,(H,28,29). The Morgan fingerprint density at radius 3 is 2.86 bits per heavy atom. The van der Waals surface area contributed by atoms with Crippen molar-refractivity contribution in [3.63, 3.8) is 0 Å². The third-order valence-electron chi connectivity index (χ3n) is 6.12. The van der Waals surface area contributed by atoms with Crippen LogP contribution in [0.1, 0.15) is 12.2 Å². The fraction of sp³-hybridized carbons (Fsp3) is 0.250. The Morgan fingerprint density at radius 1 is 1.17 bits per heavy atom. The van der Waals surface area contributed by atoms with Crippen molar-refractivity contribution in [3.05, 3.63) is 59.8 Å². The Labute approximate surface area is 206 Å². The number of fused-ring (bicyclic) bond motifs is 2. The lowest BCUT2D eigenvalue weighted by atomic mass is 10.1. The van der Waals surface area contributed by atoms with Crippen LogP contribution in [-0.4, -0.2) is 49.6 Å². The Bertz CT molecular complexity index is 1690. The van der Waals surface area contributed by atoms with E-state index < -0.39 is 9.84 Å². The van der Waals surface area contributed by atoms with E-state index in [9.17, 15) is 8.42 Å². The fourth-order valence-electron chi connectivity index (χ4n) is 4.43. The molecule has 6 rings (SSSR count). The third-order valence-corrected chi connectivity index (χ3v) is 8.32. The van der Waals surface area contributed by atoms with Gasteiger partial charge in [0.05, 0.1) is 46.1 Å². The number of aryl methyl sites for hydroxylation is 1. The number of hydrogen-bond acceptors (Lipinski definition) is 7. The van der Waals surface area contributed by atoms with Gasteiger partial charge in [0.25, 0.3) is 0 Å². The zero-order valence-electron chi connectivity index (χ0n) is 18.8. The number of nitrogens with one attached hydrogen (secondary N) is 1. The highest BCUT2D eigenvalue weighted by molar-refractivity contribution is 7.91. The van der Waals surface area contributed by atoms with Crippen molar-refractivity contribution < 1.29 is 13.2 Å². The van der Waals surface area contributed by atoms with Gasteiger partial charge in [0.15, 0.2) is 9.84 Å². The minimum Gasteiger partial charge on any atom is -0.456 e. The molecule has 1 aliphatic rings. The predicted octanol–water partition coefficient (Wildman–Crippen LogP) is 4.56. The molecule has 11 heteroatoms. The van der Waals surface area contributed by atoms with E-state index in [1.165, 1.54) is 0 Å². The molecule has 0 radical (unpaired) electrons. The molecule has 0 saturated carbocycles. The van der Waals surface area contributed by atoms with Crippen LogP contribution in [0.2, 0.25) is 5.02 Å². The van der Waals surface area contributed by atoms with Gasteiger partial charge < -0.3 is 9.72 Å². The van der Waals surface area contributed by atoms with Crippen LogP contribution in [-0.2, 0) is 16.4 Å². The smallest absolute Gasteiger partial charge is 0.150 e. The van der Waals surface area contributed by atoms with Crippen molar-refractivity contribution in [1.82, 2.24) is 29.7 Å². The summed E-state index contributed by atoms with van der Waals surface area (Å²) >= 11 is 6.69. The second-order valence-corrected chi connectivity index (χ2v) is 11.4. The van der Waals surface area contributed by atoms with Crippen LogP contribution >= 0.6 is 11.6 Å². The van der Waals surface area contributed by atoms with Crippen molar-refractivity contribution in [2.75, 3.05) is 11.5 Å². The van der Waals surface area contributed by atoms with Crippen molar-refractivity contribution in [3.8, 4) is 22.8 Å². The highest BCUT2D eigenvalue weighted by atomic mass is 35.5. The lowest BCUT2D eigenvalue weighted by molar-refractivity contribution is 0.458. The molecule has 1 saturated heterocycles. The Kier molecular flexibility index (Phi) is 5.23. The van der Waals surface area contributed by atoms with Crippen LogP contribution in [0.4, 0.5) is 0 Å². The number of rotatable bonds is 5. The van der Waals surface area contributed by atoms with Gasteiger partial charge in [-0.15, -0.1) is 0 Å². The average molecular weight is 509 g/mol. The molecule has 1 aliphatic heterocycles. The Hall–Kier alpha value is -3.50. The van der Waals surface area contributed by atoms with E-state index in [4.69, 9.17) is 21.3 Å². The van der Waals surface area contributed by atoms with E-state index in [0.717, 1.165) is 22.4 Å². The third kappa shape index (κ3) is 4.35. The van der Waals surface area contributed by atoms with Crippen LogP contribution in [0, 0.1) is 12.8 Å². The van der Waals surface area contributed by atoms with Gasteiger partial charge in [-0.1, -0.05) is 11.6 Å². The van der Waals surface area contributed by atoms with Crippen molar-refractivity contribution in [2.24, 2.45) is 5.92 Å². The number of hydrogen-bond donors (Lipinski definition) is 1. The van der Waals surface area contributed by atoms with E-state index in [0.29, 0.717) is 46.2 Å². The second-order valence-electron chi connectivity index (χ2n) is 8.82. The van der Waals surface area contributed by atoms with E-state index in [1.54, 1.807) is 23.1 Å². The van der Waals surface area contributed by atoms with Crippen molar-refractivity contribution in [1.29, 1.82) is 0 Å². The molecule has 0 aliphatic carbocycles. The topological polar surface area (TPSA) is 116 Å². The summed E-state index contributed by atoms with van der Waals surface area (Å²) in [4.78, 5) is 16.8. The number of nitrogens with zero attached hydrogens (tertiary/aromatic N) is 5. The largest absolute Gasteiger partial charge is 0.456 e. The molecule has 1 atom stereocenters. The van der Waals surface area contributed by atoms with Crippen molar-refractivity contribution in [2.45, 2.75) is 19.9 Å². The van der Waals surface area contributed by atoms with Crippen LogP contribution in [0.25, 0.3) is 33.3 Å². The SMILES string of the molecule is Cc1nc2ccc(Oc3ccc4ncc(-c5cnn(CC6CCS(=O)(=O)C6)c5)nc4c3Cl)cc2[nH]1. The average Bonchev–Trinajstić information content (AvgIpc) is 3.53. The molecule has 1 unspecified atom stereocenters. The quantitative estimate of drug-likeness (QED) is 0.370. The zero-order valence-corrected chi connectivity index (χ0v) is 20.3. The number of ether oxygens (including phenoxy) is 1. The zero-order chi connectivity index (χ0) is 24.2. The molecule has 0 spiro atoms. The molecule has 1 fully saturated rings. The Balaban J connectivity index is 1.27. The van der Waals surface area contributed by atoms with Crippen LogP contribution in [0.15, 0.2) is 48.9 Å². The molecular formula is C24H21ClN6O3S. The first-order valence-corrected chi connectivity index (χ1v) is 13.4. The number of benzene rings is 2. The number of sulfone groups is 1. The van der Waals surface area contributed by atoms with Crippen LogP contribution in [0.3, 0.4) is 0 Å². The second kappa shape index (κ2) is 8.31. The molecule has 178 valence electrons. The normalized spacial score (nSPS) is 17.4. The van der Waals surface area contributed by atoms with Gasteiger partial charge in [0.1, 0.15) is 27.9 Å². The maximum atomic E-state index is 11.7. The maximum absolute atomic E-state index is 11.7. The molecule has 1 N–H and O–H groups in total. The van der Waals surface area contributed by atoms with Crippen molar-refractivity contribution >= 4 is 43.5 Å². The lowest BCUT2D eigenvalue weighted by Crippen LogP contribution is -2.12. The summed E-state index contributed by atoms with van der Waals surface area (Å²) in [5.74, 6) is 2.47. The molecule has 3 aromatic heterocycles. The monoisotopic (exact) mass is 508 g/mol. The van der Waals surface area contributed by atoms with Gasteiger partial charge in [-0.3, -0.25) is 9.67 Å². The maximum Gasteiger partial charge on any atom is 0.150 e. The first-order valence-electron chi connectivity index (χ1n) is 11.2. The molecule has 0 bridgehead atoms. The van der Waals surface area contributed by atoms with Gasteiger partial charge in [-0.25, -0.2) is 18.4 Å². The van der Waals surface area contributed by atoms with Gasteiger partial charge in [0.2, 0.25) is 0 Å². The summed E-state index contributed by atoms with van der Waals surface area (Å²) < 4.78 is 31.3. The number of halogens is 1. The summed E-state index contributed by atoms with van der Waals surface area (Å²) in [6.45, 7) is 2.46. The minimum absolute atomic E-state index is 0.0782. The molecular weight excluding hydrogens is 488 g/mol. The van der Waals surface area contributed by atoms with Crippen LogP contribution in [0.5, 0.6) is 11.5 Å². The van der Waals surface area contributed by atoms with E-state index in [1.807, 2.05) is 37.4 Å². The predicted molar refractivity (Wildman–Crippen MR) is 133 cm³/mol. The minimum atomic E-state index is -2.92. The van der Waals surface area contributed by atoms with E-state index >= 15 is 0 Å². The highest BCUT2D eigenvalue weighted by Crippen LogP contribution is 2.35. The fourth-order valence-corrected chi connectivity index (χ4v) is 6.52. The molecule has 0 amide bonds. The van der Waals surface area contributed by atoms with Gasteiger partial charge in [-0.2, -0.15) is 5.10 Å². The highest BCUT2D eigenvalue weighted by Gasteiger charge is 2.28. The lowest BCUT2D eigenvalue weighted by Gasteiger charge is -2.10. The number of H-pyrrole nitrogens is 1. The number of aromatic nitrogens is 6. The summed E-state index contributed by atoms with van der Waals surface area (Å²) in [5, 5.41) is 4.76. The van der Waals surface area contributed by atoms with E-state index in [2.05, 4.69) is 20.1 Å². The van der Waals surface area contributed by atoms with Gasteiger partial charge >= 0.3 is 0 Å². The molecule has 4 heterocycles. The molecule has 5 aromatic rings. The van der Waals surface area contributed by atoms with Crippen LogP contribution < -0.4 is 4.74 Å². The molecule has 2 aromatic carbocycles. The summed E-state index contributed by atoms with van der Waals surface area (Å²) in [7, 11) is -2.92.